The molecule has 2 heterocycles. The molecule has 1 fully saturated rings. The van der Waals surface area contributed by atoms with Crippen molar-refractivity contribution in [2.75, 3.05) is 25.1 Å². The van der Waals surface area contributed by atoms with Crippen LogP contribution >= 0.6 is 0 Å². The molecule has 7 heteroatoms. The summed E-state index contributed by atoms with van der Waals surface area (Å²) >= 11 is 0. The summed E-state index contributed by atoms with van der Waals surface area (Å²) in [6.07, 6.45) is 1.51. The Bertz CT molecular complexity index is 743. The number of piperidine rings is 1. The van der Waals surface area contributed by atoms with Crippen molar-refractivity contribution in [2.45, 2.75) is 62.6 Å². The van der Waals surface area contributed by atoms with Crippen molar-refractivity contribution in [3.63, 3.8) is 0 Å². The molecule has 0 aliphatic carbocycles. The summed E-state index contributed by atoms with van der Waals surface area (Å²) in [5.74, 6) is 0.733. The van der Waals surface area contributed by atoms with Gasteiger partial charge in [-0.05, 0) is 58.7 Å². The van der Waals surface area contributed by atoms with E-state index in [0.717, 1.165) is 30.8 Å². The summed E-state index contributed by atoms with van der Waals surface area (Å²) < 4.78 is 34.4. The maximum atomic E-state index is 12.9. The van der Waals surface area contributed by atoms with Crippen LogP contribution in [0.4, 0.5) is 5.69 Å². The smallest absolute Gasteiger partial charge is 0.240 e. The Hall–Kier alpha value is -1.31. The van der Waals surface area contributed by atoms with Gasteiger partial charge in [0.15, 0.2) is 0 Å². The van der Waals surface area contributed by atoms with E-state index in [1.165, 1.54) is 0 Å². The molecule has 0 saturated carbocycles. The van der Waals surface area contributed by atoms with Crippen LogP contribution in [-0.2, 0) is 10.0 Å². The van der Waals surface area contributed by atoms with E-state index in [1.807, 2.05) is 11.9 Å². The van der Waals surface area contributed by atoms with E-state index in [4.69, 9.17) is 4.74 Å². The monoisotopic (exact) mass is 367 g/mol. The standard InChI is InChI=1S/C18H29N3O3S/c1-17(2)11-13(12-18(3,4)20-17)19-25(22,23)14-6-7-16-15(10-14)21(5)8-9-24-16/h6-7,10,13,19-20H,8-9,11-12H2,1-5H3. The van der Waals surface area contributed by atoms with Gasteiger partial charge >= 0.3 is 0 Å². The van der Waals surface area contributed by atoms with Crippen LogP contribution in [0.1, 0.15) is 40.5 Å². The molecule has 0 radical (unpaired) electrons. The molecule has 25 heavy (non-hydrogen) atoms. The molecule has 2 N–H and O–H groups in total. The molecular formula is C18H29N3O3S. The van der Waals surface area contributed by atoms with Crippen molar-refractivity contribution in [1.82, 2.24) is 10.0 Å². The molecule has 0 amide bonds. The van der Waals surface area contributed by atoms with Crippen LogP contribution < -0.4 is 19.7 Å². The van der Waals surface area contributed by atoms with Crippen LogP contribution in [0.3, 0.4) is 0 Å². The van der Waals surface area contributed by atoms with E-state index in [1.54, 1.807) is 18.2 Å². The quantitative estimate of drug-likeness (QED) is 0.856. The number of sulfonamides is 1. The molecule has 0 aromatic heterocycles. The average molecular weight is 368 g/mol. The predicted octanol–water partition coefficient (Wildman–Crippen LogP) is 2.10. The Morgan fingerprint density at radius 3 is 2.48 bits per heavy atom. The minimum absolute atomic E-state index is 0.0961. The molecule has 0 bridgehead atoms. The molecule has 140 valence electrons. The number of ether oxygens (including phenoxy) is 1. The van der Waals surface area contributed by atoms with Gasteiger partial charge in [-0.15, -0.1) is 0 Å². The summed E-state index contributed by atoms with van der Waals surface area (Å²) in [4.78, 5) is 2.31. The summed E-state index contributed by atoms with van der Waals surface area (Å²) in [6.45, 7) is 9.81. The van der Waals surface area contributed by atoms with Crippen molar-refractivity contribution < 1.29 is 13.2 Å². The van der Waals surface area contributed by atoms with E-state index >= 15 is 0 Å². The lowest BCUT2D eigenvalue weighted by molar-refractivity contribution is 0.157. The second-order valence-corrected chi connectivity index (χ2v) is 10.2. The Morgan fingerprint density at radius 1 is 1.20 bits per heavy atom. The molecule has 0 unspecified atom stereocenters. The third-order valence-electron chi connectivity index (χ3n) is 4.85. The minimum atomic E-state index is -3.58. The highest BCUT2D eigenvalue weighted by Crippen LogP contribution is 2.34. The second-order valence-electron chi connectivity index (χ2n) is 8.52. The van der Waals surface area contributed by atoms with Crippen LogP contribution in [-0.4, -0.2) is 45.7 Å². The van der Waals surface area contributed by atoms with Crippen molar-refractivity contribution in [3.8, 4) is 5.75 Å². The maximum absolute atomic E-state index is 12.9. The van der Waals surface area contributed by atoms with Crippen LogP contribution in [0.15, 0.2) is 23.1 Å². The number of anilines is 1. The molecule has 0 spiro atoms. The number of nitrogens with one attached hydrogen (secondary N) is 2. The first kappa shape index (κ1) is 18.5. The van der Waals surface area contributed by atoms with Gasteiger partial charge < -0.3 is 15.0 Å². The molecular weight excluding hydrogens is 338 g/mol. The largest absolute Gasteiger partial charge is 0.490 e. The highest BCUT2D eigenvalue weighted by Gasteiger charge is 2.39. The highest BCUT2D eigenvalue weighted by molar-refractivity contribution is 7.89. The van der Waals surface area contributed by atoms with Crippen molar-refractivity contribution in [2.24, 2.45) is 0 Å². The molecule has 2 aliphatic heterocycles. The Morgan fingerprint density at radius 2 is 1.84 bits per heavy atom. The number of hydrogen-bond donors (Lipinski definition) is 2. The normalized spacial score (nSPS) is 23.0. The first-order chi connectivity index (χ1) is 11.5. The van der Waals surface area contributed by atoms with Gasteiger partial charge in [0.25, 0.3) is 0 Å². The number of fused-ring (bicyclic) bond motifs is 1. The molecule has 2 aliphatic rings. The number of hydrogen-bond acceptors (Lipinski definition) is 5. The van der Waals surface area contributed by atoms with E-state index in [9.17, 15) is 8.42 Å². The van der Waals surface area contributed by atoms with Gasteiger partial charge in [-0.1, -0.05) is 0 Å². The lowest BCUT2D eigenvalue weighted by atomic mass is 9.80. The topological polar surface area (TPSA) is 70.7 Å². The summed E-state index contributed by atoms with van der Waals surface area (Å²) in [5, 5.41) is 3.58. The fraction of sp³-hybridized carbons (Fsp3) is 0.667. The first-order valence-corrected chi connectivity index (χ1v) is 10.3. The van der Waals surface area contributed by atoms with Crippen molar-refractivity contribution in [1.29, 1.82) is 0 Å². The Labute approximate surface area is 151 Å². The average Bonchev–Trinajstić information content (AvgIpc) is 2.43. The highest BCUT2D eigenvalue weighted by atomic mass is 32.2. The second kappa shape index (κ2) is 6.14. The van der Waals surface area contributed by atoms with E-state index in [2.05, 4.69) is 37.7 Å². The summed E-state index contributed by atoms with van der Waals surface area (Å²) in [6, 6.07) is 4.98. The van der Waals surface area contributed by atoms with Gasteiger partial charge in [-0.3, -0.25) is 0 Å². The molecule has 1 aromatic carbocycles. The van der Waals surface area contributed by atoms with Crippen molar-refractivity contribution >= 4 is 15.7 Å². The third kappa shape index (κ3) is 4.10. The Balaban J connectivity index is 1.84. The predicted molar refractivity (Wildman–Crippen MR) is 99.8 cm³/mol. The zero-order chi connectivity index (χ0) is 18.5. The number of benzene rings is 1. The first-order valence-electron chi connectivity index (χ1n) is 8.77. The number of rotatable bonds is 3. The molecule has 3 rings (SSSR count). The fourth-order valence-electron chi connectivity index (χ4n) is 4.19. The van der Waals surface area contributed by atoms with Crippen LogP contribution in [0.25, 0.3) is 0 Å². The lowest BCUT2D eigenvalue weighted by Crippen LogP contribution is -2.62. The van der Waals surface area contributed by atoms with E-state index < -0.39 is 10.0 Å². The fourth-order valence-corrected chi connectivity index (χ4v) is 5.45. The van der Waals surface area contributed by atoms with Gasteiger partial charge in [-0.2, -0.15) is 0 Å². The van der Waals surface area contributed by atoms with Crippen LogP contribution in [0.5, 0.6) is 5.75 Å². The maximum Gasteiger partial charge on any atom is 0.240 e. The van der Waals surface area contributed by atoms with Gasteiger partial charge in [-0.25, -0.2) is 13.1 Å². The van der Waals surface area contributed by atoms with Crippen LogP contribution in [0, 0.1) is 0 Å². The number of likely N-dealkylation sites (N-methyl/N-ethyl adjacent to an activating group) is 1. The SMILES string of the molecule is CN1CCOc2ccc(S(=O)(=O)NC3CC(C)(C)NC(C)(C)C3)cc21. The third-order valence-corrected chi connectivity index (χ3v) is 6.37. The van der Waals surface area contributed by atoms with Gasteiger partial charge in [0.1, 0.15) is 12.4 Å². The van der Waals surface area contributed by atoms with E-state index in [0.29, 0.717) is 6.61 Å². The minimum Gasteiger partial charge on any atom is -0.490 e. The van der Waals surface area contributed by atoms with E-state index in [-0.39, 0.29) is 22.0 Å². The molecule has 6 nitrogen and oxygen atoms in total. The van der Waals surface area contributed by atoms with Gasteiger partial charge in [0, 0.05) is 24.2 Å². The van der Waals surface area contributed by atoms with Gasteiger partial charge in [0.05, 0.1) is 17.1 Å². The zero-order valence-electron chi connectivity index (χ0n) is 15.7. The lowest BCUT2D eigenvalue weighted by Gasteiger charge is -2.46. The number of nitrogens with zero attached hydrogens (tertiary/aromatic N) is 1. The molecule has 1 aromatic rings. The van der Waals surface area contributed by atoms with Gasteiger partial charge in [0.2, 0.25) is 10.0 Å². The van der Waals surface area contributed by atoms with Crippen LogP contribution in [0.2, 0.25) is 0 Å². The Kier molecular flexibility index (Phi) is 4.54. The summed E-state index contributed by atoms with van der Waals surface area (Å²) in [7, 11) is -1.63. The molecule has 0 atom stereocenters. The zero-order valence-corrected chi connectivity index (χ0v) is 16.5. The molecule has 1 saturated heterocycles. The van der Waals surface area contributed by atoms with Crippen molar-refractivity contribution in [3.05, 3.63) is 18.2 Å². The summed E-state index contributed by atoms with van der Waals surface area (Å²) in [5.41, 5.74) is 0.595.